The normalized spacial score (nSPS) is 24.6. The van der Waals surface area contributed by atoms with Crippen molar-refractivity contribution in [1.29, 1.82) is 0 Å². The minimum absolute atomic E-state index is 0.0492. The highest BCUT2D eigenvalue weighted by Crippen LogP contribution is 2.28. The number of carbonyl (C=O) groups is 1. The highest BCUT2D eigenvalue weighted by molar-refractivity contribution is 7.13. The lowest BCUT2D eigenvalue weighted by Crippen LogP contribution is -2.44. The first kappa shape index (κ1) is 12.8. The molecule has 1 aliphatic rings. The van der Waals surface area contributed by atoms with Gasteiger partial charge in [-0.25, -0.2) is 4.98 Å². The molecule has 5 heteroatoms. The van der Waals surface area contributed by atoms with E-state index in [9.17, 15) is 4.79 Å². The predicted octanol–water partition coefficient (Wildman–Crippen LogP) is 3.07. The Morgan fingerprint density at radius 3 is 2.82 bits per heavy atom. The van der Waals surface area contributed by atoms with Gasteiger partial charge in [0.15, 0.2) is 0 Å². The molecule has 0 N–H and O–H groups in total. The lowest BCUT2D eigenvalue weighted by molar-refractivity contribution is 0.0705. The van der Waals surface area contributed by atoms with Crippen LogP contribution in [0.2, 0.25) is 0 Å². The minimum atomic E-state index is 0.0492. The van der Waals surface area contributed by atoms with E-state index >= 15 is 0 Å². The molecule has 1 fully saturated rings. The third-order valence-electron chi connectivity index (χ3n) is 3.30. The Kier molecular flexibility index (Phi) is 4.05. The number of thiazole rings is 1. The fourth-order valence-electron chi connectivity index (χ4n) is 2.29. The standard InChI is InChI=1S/C12H17ClN2OS/c1-8-14-7-11(17-8)12(16)15(2)10-6-4-3-5-9(10)13/h7,9-10H,3-6H2,1-2H3. The molecule has 0 aromatic carbocycles. The molecule has 0 saturated heterocycles. The summed E-state index contributed by atoms with van der Waals surface area (Å²) in [5.41, 5.74) is 0. The number of aryl methyl sites for hydroxylation is 1. The molecular formula is C12H17ClN2OS. The van der Waals surface area contributed by atoms with Gasteiger partial charge in [0.1, 0.15) is 4.88 Å². The van der Waals surface area contributed by atoms with Crippen LogP contribution in [0.3, 0.4) is 0 Å². The molecule has 1 amide bonds. The van der Waals surface area contributed by atoms with Gasteiger partial charge in [-0.05, 0) is 19.8 Å². The molecule has 0 aliphatic heterocycles. The molecule has 17 heavy (non-hydrogen) atoms. The number of rotatable bonds is 2. The summed E-state index contributed by atoms with van der Waals surface area (Å²) in [5.74, 6) is 0.0492. The maximum Gasteiger partial charge on any atom is 0.265 e. The first-order chi connectivity index (χ1) is 8.09. The molecular weight excluding hydrogens is 256 g/mol. The third kappa shape index (κ3) is 2.80. The van der Waals surface area contributed by atoms with Crippen LogP contribution in [-0.4, -0.2) is 34.3 Å². The molecule has 1 saturated carbocycles. The highest BCUT2D eigenvalue weighted by Gasteiger charge is 2.30. The van der Waals surface area contributed by atoms with Crippen LogP contribution in [0, 0.1) is 6.92 Å². The molecule has 2 atom stereocenters. The van der Waals surface area contributed by atoms with Gasteiger partial charge in [-0.1, -0.05) is 12.8 Å². The van der Waals surface area contributed by atoms with Gasteiger partial charge in [-0.3, -0.25) is 4.79 Å². The van der Waals surface area contributed by atoms with Crippen molar-refractivity contribution < 1.29 is 4.79 Å². The van der Waals surface area contributed by atoms with Crippen LogP contribution in [0.25, 0.3) is 0 Å². The third-order valence-corrected chi connectivity index (χ3v) is 4.71. The van der Waals surface area contributed by atoms with Crippen molar-refractivity contribution in [2.24, 2.45) is 0 Å². The second-order valence-electron chi connectivity index (χ2n) is 4.53. The predicted molar refractivity (Wildman–Crippen MR) is 70.8 cm³/mol. The Bertz CT molecular complexity index is 407. The van der Waals surface area contributed by atoms with Crippen molar-refractivity contribution in [3.05, 3.63) is 16.1 Å². The summed E-state index contributed by atoms with van der Waals surface area (Å²) in [6.07, 6.45) is 6.00. The van der Waals surface area contributed by atoms with Crippen LogP contribution in [0.5, 0.6) is 0 Å². The number of aromatic nitrogens is 1. The number of amides is 1. The van der Waals surface area contributed by atoms with Gasteiger partial charge in [-0.2, -0.15) is 0 Å². The summed E-state index contributed by atoms with van der Waals surface area (Å²) in [7, 11) is 1.85. The van der Waals surface area contributed by atoms with E-state index in [4.69, 9.17) is 11.6 Å². The summed E-state index contributed by atoms with van der Waals surface area (Å²) in [5, 5.41) is 1.01. The molecule has 0 bridgehead atoms. The SMILES string of the molecule is Cc1ncc(C(=O)N(C)C2CCCCC2Cl)s1. The van der Waals surface area contributed by atoms with Gasteiger partial charge in [0.2, 0.25) is 0 Å². The van der Waals surface area contributed by atoms with E-state index in [1.807, 2.05) is 14.0 Å². The number of carbonyl (C=O) groups excluding carboxylic acids is 1. The van der Waals surface area contributed by atoms with E-state index in [0.29, 0.717) is 4.88 Å². The van der Waals surface area contributed by atoms with E-state index < -0.39 is 0 Å². The van der Waals surface area contributed by atoms with Gasteiger partial charge < -0.3 is 4.90 Å². The number of halogens is 1. The van der Waals surface area contributed by atoms with Gasteiger partial charge in [0.25, 0.3) is 5.91 Å². The van der Waals surface area contributed by atoms with Crippen LogP contribution in [0.4, 0.5) is 0 Å². The molecule has 1 aliphatic carbocycles. The zero-order chi connectivity index (χ0) is 12.4. The molecule has 1 heterocycles. The Morgan fingerprint density at radius 1 is 1.53 bits per heavy atom. The lowest BCUT2D eigenvalue weighted by atomic mass is 9.94. The van der Waals surface area contributed by atoms with Crippen molar-refractivity contribution >= 4 is 28.8 Å². The lowest BCUT2D eigenvalue weighted by Gasteiger charge is -2.34. The first-order valence-electron chi connectivity index (χ1n) is 5.93. The van der Waals surface area contributed by atoms with Crippen LogP contribution in [-0.2, 0) is 0 Å². The van der Waals surface area contributed by atoms with Crippen LogP contribution < -0.4 is 0 Å². The van der Waals surface area contributed by atoms with Crippen LogP contribution >= 0.6 is 22.9 Å². The smallest absolute Gasteiger partial charge is 0.265 e. The Hall–Kier alpha value is -0.610. The zero-order valence-electron chi connectivity index (χ0n) is 10.1. The van der Waals surface area contributed by atoms with E-state index in [0.717, 1.165) is 24.3 Å². The average Bonchev–Trinajstić information content (AvgIpc) is 2.75. The quantitative estimate of drug-likeness (QED) is 0.775. The van der Waals surface area contributed by atoms with Crippen molar-refractivity contribution in [1.82, 2.24) is 9.88 Å². The number of hydrogen-bond donors (Lipinski definition) is 0. The Labute approximate surface area is 111 Å². The second kappa shape index (κ2) is 5.36. The molecule has 0 radical (unpaired) electrons. The minimum Gasteiger partial charge on any atom is -0.336 e. The topological polar surface area (TPSA) is 33.2 Å². The van der Waals surface area contributed by atoms with E-state index in [-0.39, 0.29) is 17.3 Å². The summed E-state index contributed by atoms with van der Waals surface area (Å²) >= 11 is 7.75. The summed E-state index contributed by atoms with van der Waals surface area (Å²) in [6, 6.07) is 0.167. The summed E-state index contributed by atoms with van der Waals surface area (Å²) in [4.78, 5) is 18.9. The van der Waals surface area contributed by atoms with Crippen molar-refractivity contribution in [3.8, 4) is 0 Å². The monoisotopic (exact) mass is 272 g/mol. The summed E-state index contributed by atoms with van der Waals surface area (Å²) in [6.45, 7) is 1.91. The Balaban J connectivity index is 2.08. The maximum atomic E-state index is 12.2. The number of alkyl halides is 1. The van der Waals surface area contributed by atoms with Gasteiger partial charge in [0, 0.05) is 13.1 Å². The van der Waals surface area contributed by atoms with Crippen molar-refractivity contribution in [3.63, 3.8) is 0 Å². The zero-order valence-corrected chi connectivity index (χ0v) is 11.7. The Morgan fingerprint density at radius 2 is 2.24 bits per heavy atom. The molecule has 0 spiro atoms. The largest absolute Gasteiger partial charge is 0.336 e. The van der Waals surface area contributed by atoms with Gasteiger partial charge in [-0.15, -0.1) is 22.9 Å². The van der Waals surface area contributed by atoms with Gasteiger partial charge in [0.05, 0.1) is 16.6 Å². The maximum absolute atomic E-state index is 12.2. The molecule has 1 aromatic rings. The molecule has 2 rings (SSSR count). The first-order valence-corrected chi connectivity index (χ1v) is 7.18. The van der Waals surface area contributed by atoms with Crippen LogP contribution in [0.15, 0.2) is 6.20 Å². The van der Waals surface area contributed by atoms with Crippen molar-refractivity contribution in [2.75, 3.05) is 7.05 Å². The fourth-order valence-corrected chi connectivity index (χ4v) is 3.50. The number of nitrogens with zero attached hydrogens (tertiary/aromatic N) is 2. The second-order valence-corrected chi connectivity index (χ2v) is 6.32. The van der Waals surface area contributed by atoms with E-state index in [1.54, 1.807) is 11.1 Å². The summed E-state index contributed by atoms with van der Waals surface area (Å²) < 4.78 is 0. The molecule has 2 unspecified atom stereocenters. The van der Waals surface area contributed by atoms with Crippen LogP contribution in [0.1, 0.15) is 40.4 Å². The molecule has 3 nitrogen and oxygen atoms in total. The van der Waals surface area contributed by atoms with Gasteiger partial charge >= 0.3 is 0 Å². The number of hydrogen-bond acceptors (Lipinski definition) is 3. The fraction of sp³-hybridized carbons (Fsp3) is 0.667. The highest BCUT2D eigenvalue weighted by atomic mass is 35.5. The van der Waals surface area contributed by atoms with E-state index in [2.05, 4.69) is 4.98 Å². The van der Waals surface area contributed by atoms with Crippen molar-refractivity contribution in [2.45, 2.75) is 44.0 Å². The molecule has 1 aromatic heterocycles. The van der Waals surface area contributed by atoms with E-state index in [1.165, 1.54) is 17.8 Å². The molecule has 94 valence electrons. The average molecular weight is 273 g/mol.